The van der Waals surface area contributed by atoms with E-state index in [-0.39, 0.29) is 21.9 Å². The predicted molar refractivity (Wildman–Crippen MR) is 65.1 cm³/mol. The molecule has 1 aliphatic rings. The van der Waals surface area contributed by atoms with Gasteiger partial charge in [-0.15, -0.1) is 0 Å². The van der Waals surface area contributed by atoms with E-state index in [4.69, 9.17) is 5.73 Å². The van der Waals surface area contributed by atoms with Crippen molar-refractivity contribution in [1.82, 2.24) is 4.72 Å². The summed E-state index contributed by atoms with van der Waals surface area (Å²) in [6.45, 7) is 1.89. The second-order valence-corrected chi connectivity index (χ2v) is 6.42. The number of hydrogen-bond acceptors (Lipinski definition) is 4. The maximum atomic E-state index is 12.1. The number of hydrogen-bond donors (Lipinski definition) is 3. The van der Waals surface area contributed by atoms with Crippen molar-refractivity contribution in [3.05, 3.63) is 18.2 Å². The van der Waals surface area contributed by atoms with Crippen LogP contribution in [-0.4, -0.2) is 19.1 Å². The summed E-state index contributed by atoms with van der Waals surface area (Å²) in [5.41, 5.74) is 5.21. The van der Waals surface area contributed by atoms with Gasteiger partial charge in [-0.2, -0.15) is 0 Å². The summed E-state index contributed by atoms with van der Waals surface area (Å²) in [6, 6.07) is 3.89. The molecule has 0 aliphatic heterocycles. The largest absolute Gasteiger partial charge is 0.506 e. The van der Waals surface area contributed by atoms with Gasteiger partial charge in [-0.1, -0.05) is 0 Å². The second-order valence-electron chi connectivity index (χ2n) is 4.74. The Labute approximate surface area is 101 Å². The van der Waals surface area contributed by atoms with Gasteiger partial charge >= 0.3 is 0 Å². The molecule has 0 aromatic heterocycles. The SMILES string of the molecule is CC1(NS(=O)(=O)c2ccc(O)c(N)c2)CCC1. The summed E-state index contributed by atoms with van der Waals surface area (Å²) in [7, 11) is -3.56. The highest BCUT2D eigenvalue weighted by molar-refractivity contribution is 7.89. The maximum absolute atomic E-state index is 12.1. The highest BCUT2D eigenvalue weighted by atomic mass is 32.2. The van der Waals surface area contributed by atoms with Gasteiger partial charge in [-0.3, -0.25) is 0 Å². The third kappa shape index (κ3) is 2.37. The first kappa shape index (κ1) is 12.2. The van der Waals surface area contributed by atoms with E-state index in [1.807, 2.05) is 6.92 Å². The number of sulfonamides is 1. The smallest absolute Gasteiger partial charge is 0.241 e. The Hall–Kier alpha value is -1.27. The average molecular weight is 256 g/mol. The van der Waals surface area contributed by atoms with Crippen LogP contribution in [0.5, 0.6) is 5.75 Å². The first-order valence-corrected chi connectivity index (χ1v) is 6.93. The normalized spacial score (nSPS) is 18.6. The van der Waals surface area contributed by atoms with Crippen LogP contribution in [0.4, 0.5) is 5.69 Å². The molecule has 0 amide bonds. The van der Waals surface area contributed by atoms with Crippen molar-refractivity contribution < 1.29 is 13.5 Å². The van der Waals surface area contributed by atoms with Gasteiger partial charge in [0.05, 0.1) is 10.6 Å². The van der Waals surface area contributed by atoms with Crippen LogP contribution in [0.3, 0.4) is 0 Å². The van der Waals surface area contributed by atoms with Crippen molar-refractivity contribution in [1.29, 1.82) is 0 Å². The van der Waals surface area contributed by atoms with Gasteiger partial charge in [0, 0.05) is 5.54 Å². The first-order chi connectivity index (χ1) is 7.82. The number of nitrogens with one attached hydrogen (secondary N) is 1. The van der Waals surface area contributed by atoms with E-state index in [1.165, 1.54) is 18.2 Å². The minimum absolute atomic E-state index is 0.0617. The minimum atomic E-state index is -3.56. The van der Waals surface area contributed by atoms with Gasteiger partial charge < -0.3 is 10.8 Å². The van der Waals surface area contributed by atoms with Gasteiger partial charge in [-0.25, -0.2) is 13.1 Å². The van der Waals surface area contributed by atoms with E-state index < -0.39 is 10.0 Å². The van der Waals surface area contributed by atoms with Crippen LogP contribution >= 0.6 is 0 Å². The highest BCUT2D eigenvalue weighted by Gasteiger charge is 2.36. The minimum Gasteiger partial charge on any atom is -0.506 e. The molecule has 1 aliphatic carbocycles. The Bertz CT molecular complexity index is 536. The fraction of sp³-hybridized carbons (Fsp3) is 0.455. The van der Waals surface area contributed by atoms with E-state index in [1.54, 1.807) is 0 Å². The molecule has 1 aromatic carbocycles. The molecule has 4 N–H and O–H groups in total. The summed E-state index contributed by atoms with van der Waals surface area (Å²) in [5.74, 6) is -0.112. The lowest BCUT2D eigenvalue weighted by atomic mass is 9.80. The molecule has 0 atom stereocenters. The molecular formula is C11H16N2O3S. The monoisotopic (exact) mass is 256 g/mol. The Kier molecular flexibility index (Phi) is 2.79. The van der Waals surface area contributed by atoms with E-state index in [0.29, 0.717) is 0 Å². The molecule has 0 unspecified atom stereocenters. The molecule has 0 spiro atoms. The summed E-state index contributed by atoms with van der Waals surface area (Å²) < 4.78 is 26.8. The van der Waals surface area contributed by atoms with Gasteiger partial charge in [0.1, 0.15) is 5.75 Å². The molecule has 1 saturated carbocycles. The molecule has 0 bridgehead atoms. The van der Waals surface area contributed by atoms with Crippen LogP contribution in [0, 0.1) is 0 Å². The number of benzene rings is 1. The Morgan fingerprint density at radius 3 is 2.53 bits per heavy atom. The van der Waals surface area contributed by atoms with Crippen LogP contribution in [0.1, 0.15) is 26.2 Å². The van der Waals surface area contributed by atoms with Crippen molar-refractivity contribution in [2.24, 2.45) is 0 Å². The average Bonchev–Trinajstić information content (AvgIpc) is 2.19. The van der Waals surface area contributed by atoms with Crippen LogP contribution < -0.4 is 10.5 Å². The number of anilines is 1. The topological polar surface area (TPSA) is 92.4 Å². The van der Waals surface area contributed by atoms with Gasteiger partial charge in [0.25, 0.3) is 0 Å². The van der Waals surface area contributed by atoms with Crippen LogP contribution in [0.25, 0.3) is 0 Å². The Morgan fingerprint density at radius 2 is 2.06 bits per heavy atom. The predicted octanol–water partition coefficient (Wildman–Crippen LogP) is 1.20. The summed E-state index contributed by atoms with van der Waals surface area (Å²) in [5, 5.41) is 9.26. The van der Waals surface area contributed by atoms with Gasteiger partial charge in [0.2, 0.25) is 10.0 Å². The van der Waals surface area contributed by atoms with Crippen molar-refractivity contribution >= 4 is 15.7 Å². The molecule has 94 valence electrons. The lowest BCUT2D eigenvalue weighted by molar-refractivity contribution is 0.248. The molecule has 0 radical (unpaired) electrons. The van der Waals surface area contributed by atoms with E-state index in [0.717, 1.165) is 19.3 Å². The number of rotatable bonds is 3. The number of aromatic hydroxyl groups is 1. The van der Waals surface area contributed by atoms with Crippen molar-refractivity contribution in [3.8, 4) is 5.75 Å². The molecular weight excluding hydrogens is 240 g/mol. The summed E-state index contributed by atoms with van der Waals surface area (Å²) in [6.07, 6.45) is 2.73. The third-order valence-electron chi connectivity index (χ3n) is 3.15. The first-order valence-electron chi connectivity index (χ1n) is 5.45. The molecule has 0 saturated heterocycles. The zero-order chi connectivity index (χ0) is 12.7. The summed E-state index contributed by atoms with van der Waals surface area (Å²) >= 11 is 0. The number of phenolic OH excluding ortho intramolecular Hbond substituents is 1. The standard InChI is InChI=1S/C11H16N2O3S/c1-11(5-2-6-11)13-17(15,16)8-3-4-10(14)9(12)7-8/h3-4,7,13-14H,2,5-6,12H2,1H3. The number of phenols is 1. The number of nitrogens with two attached hydrogens (primary N) is 1. The van der Waals surface area contributed by atoms with Crippen molar-refractivity contribution in [3.63, 3.8) is 0 Å². The summed E-state index contributed by atoms with van der Waals surface area (Å²) in [4.78, 5) is 0.0842. The zero-order valence-corrected chi connectivity index (χ0v) is 10.4. The maximum Gasteiger partial charge on any atom is 0.241 e. The van der Waals surface area contributed by atoms with Crippen molar-refractivity contribution in [2.75, 3.05) is 5.73 Å². The fourth-order valence-corrected chi connectivity index (χ4v) is 3.39. The second kappa shape index (κ2) is 3.89. The van der Waals surface area contributed by atoms with E-state index in [9.17, 15) is 13.5 Å². The van der Waals surface area contributed by atoms with Crippen LogP contribution in [-0.2, 0) is 10.0 Å². The molecule has 0 heterocycles. The van der Waals surface area contributed by atoms with E-state index in [2.05, 4.69) is 4.72 Å². The van der Waals surface area contributed by atoms with Crippen LogP contribution in [0.2, 0.25) is 0 Å². The van der Waals surface area contributed by atoms with Gasteiger partial charge in [-0.05, 0) is 44.4 Å². The molecule has 1 fully saturated rings. The molecule has 1 aromatic rings. The Balaban J connectivity index is 2.28. The van der Waals surface area contributed by atoms with Crippen LogP contribution in [0.15, 0.2) is 23.1 Å². The zero-order valence-electron chi connectivity index (χ0n) is 9.60. The third-order valence-corrected chi connectivity index (χ3v) is 4.78. The molecule has 17 heavy (non-hydrogen) atoms. The van der Waals surface area contributed by atoms with Gasteiger partial charge in [0.15, 0.2) is 0 Å². The molecule has 6 heteroatoms. The highest BCUT2D eigenvalue weighted by Crippen LogP contribution is 2.33. The lowest BCUT2D eigenvalue weighted by Crippen LogP contribution is -2.50. The van der Waals surface area contributed by atoms with E-state index >= 15 is 0 Å². The van der Waals surface area contributed by atoms with Crippen molar-refractivity contribution in [2.45, 2.75) is 36.6 Å². The molecule has 5 nitrogen and oxygen atoms in total. The quantitative estimate of drug-likeness (QED) is 0.559. The molecule has 2 rings (SSSR count). The fourth-order valence-electron chi connectivity index (χ4n) is 1.89. The number of nitrogen functional groups attached to an aromatic ring is 1. The lowest BCUT2D eigenvalue weighted by Gasteiger charge is -2.38. The Morgan fingerprint density at radius 1 is 1.41 bits per heavy atom.